The number of hydrogen-bond donors (Lipinski definition) is 1. The number of aromatic nitrogens is 2. The summed E-state index contributed by atoms with van der Waals surface area (Å²) in [6, 6.07) is 5.16. The van der Waals surface area contributed by atoms with Gasteiger partial charge in [0.1, 0.15) is 4.60 Å². The van der Waals surface area contributed by atoms with Crippen LogP contribution in [0.4, 0.5) is 5.69 Å². The molecular formula is C12H10Br2ClN3O3S. The molecule has 0 saturated heterocycles. The molecule has 6 nitrogen and oxygen atoms in total. The van der Waals surface area contributed by atoms with Gasteiger partial charge in [0.15, 0.2) is 5.69 Å². The Balaban J connectivity index is 2.38. The van der Waals surface area contributed by atoms with E-state index in [1.165, 1.54) is 0 Å². The van der Waals surface area contributed by atoms with Gasteiger partial charge in [-0.2, -0.15) is 5.10 Å². The second kappa shape index (κ2) is 6.31. The van der Waals surface area contributed by atoms with E-state index in [0.29, 0.717) is 10.7 Å². The molecule has 1 heterocycles. The van der Waals surface area contributed by atoms with Crippen molar-refractivity contribution >= 4 is 65.1 Å². The third-order valence-corrected chi connectivity index (χ3v) is 6.11. The molecule has 0 radical (unpaired) electrons. The Labute approximate surface area is 149 Å². The summed E-state index contributed by atoms with van der Waals surface area (Å²) in [4.78, 5) is 12.3. The van der Waals surface area contributed by atoms with Gasteiger partial charge in [-0.05, 0) is 56.5 Å². The second-order valence-electron chi connectivity index (χ2n) is 4.50. The van der Waals surface area contributed by atoms with Crippen LogP contribution in [0.3, 0.4) is 0 Å². The first kappa shape index (κ1) is 17.5. The Hall–Kier alpha value is -0.900. The van der Waals surface area contributed by atoms with Crippen LogP contribution in [0, 0.1) is 6.92 Å². The number of halogens is 3. The molecule has 0 aliphatic carbocycles. The number of nitrogens with one attached hydrogen (secondary N) is 1. The number of carbonyl (C=O) groups excluding carboxylic acids is 1. The lowest BCUT2D eigenvalue weighted by atomic mass is 10.2. The number of carbonyl (C=O) groups is 1. The van der Waals surface area contributed by atoms with Gasteiger partial charge in [-0.3, -0.25) is 4.79 Å². The number of nitrogens with zero attached hydrogens (tertiary/aromatic N) is 2. The van der Waals surface area contributed by atoms with Crippen LogP contribution in [0.15, 0.2) is 27.3 Å². The van der Waals surface area contributed by atoms with Crippen LogP contribution in [0.5, 0.6) is 0 Å². The van der Waals surface area contributed by atoms with E-state index in [9.17, 15) is 13.2 Å². The SMILES string of the molecule is Cc1ccc(NC(=O)c2nn(S(C)(=O)=O)c(Br)c2Br)c(Cl)c1. The molecule has 2 aromatic rings. The van der Waals surface area contributed by atoms with Gasteiger partial charge < -0.3 is 5.32 Å². The first-order valence-electron chi connectivity index (χ1n) is 5.83. The summed E-state index contributed by atoms with van der Waals surface area (Å²) >= 11 is 12.3. The Kier molecular flexibility index (Phi) is 5.00. The Morgan fingerprint density at radius 3 is 2.50 bits per heavy atom. The molecule has 0 fully saturated rings. The molecule has 0 aliphatic rings. The molecule has 1 amide bonds. The van der Waals surface area contributed by atoms with Gasteiger partial charge in [0, 0.05) is 0 Å². The first-order chi connectivity index (χ1) is 10.1. The van der Waals surface area contributed by atoms with Crippen LogP contribution >= 0.6 is 43.5 Å². The smallest absolute Gasteiger partial charge is 0.277 e. The average Bonchev–Trinajstić information content (AvgIpc) is 2.69. The molecule has 1 aromatic carbocycles. The highest BCUT2D eigenvalue weighted by Gasteiger charge is 2.24. The minimum atomic E-state index is -3.63. The maximum absolute atomic E-state index is 12.3. The first-order valence-corrected chi connectivity index (χ1v) is 9.64. The normalized spacial score (nSPS) is 11.5. The lowest BCUT2D eigenvalue weighted by Crippen LogP contribution is -2.16. The van der Waals surface area contributed by atoms with Crippen molar-refractivity contribution in [2.24, 2.45) is 0 Å². The topological polar surface area (TPSA) is 81.1 Å². The van der Waals surface area contributed by atoms with Crippen LogP contribution in [0.2, 0.25) is 5.02 Å². The van der Waals surface area contributed by atoms with Crippen molar-refractivity contribution in [2.75, 3.05) is 11.6 Å². The van der Waals surface area contributed by atoms with E-state index in [-0.39, 0.29) is 14.8 Å². The van der Waals surface area contributed by atoms with Gasteiger partial charge in [-0.15, -0.1) is 4.09 Å². The summed E-state index contributed by atoms with van der Waals surface area (Å²) in [7, 11) is -3.63. The summed E-state index contributed by atoms with van der Waals surface area (Å²) in [6.45, 7) is 1.87. The van der Waals surface area contributed by atoms with E-state index in [0.717, 1.165) is 15.9 Å². The fourth-order valence-electron chi connectivity index (χ4n) is 1.63. The lowest BCUT2D eigenvalue weighted by Gasteiger charge is -2.06. The predicted molar refractivity (Wildman–Crippen MR) is 92.0 cm³/mol. The quantitative estimate of drug-likeness (QED) is 0.744. The van der Waals surface area contributed by atoms with Crippen molar-refractivity contribution in [3.05, 3.63) is 43.6 Å². The fraction of sp³-hybridized carbons (Fsp3) is 0.167. The number of rotatable bonds is 3. The van der Waals surface area contributed by atoms with Crippen molar-refractivity contribution in [3.63, 3.8) is 0 Å². The molecule has 0 spiro atoms. The minimum absolute atomic E-state index is 0.0751. The molecule has 0 atom stereocenters. The highest BCUT2D eigenvalue weighted by atomic mass is 79.9. The maximum atomic E-state index is 12.3. The molecule has 10 heteroatoms. The number of hydrogen-bond acceptors (Lipinski definition) is 4. The standard InChI is InChI=1S/C12H10Br2ClN3O3S/c1-6-3-4-8(7(15)5-6)16-12(19)10-9(13)11(14)18(17-10)22(2,20)21/h3-5H,1-2H3,(H,16,19). The van der Waals surface area contributed by atoms with E-state index in [4.69, 9.17) is 11.6 Å². The predicted octanol–water partition coefficient (Wildman–Crippen LogP) is 3.43. The third-order valence-electron chi connectivity index (χ3n) is 2.65. The monoisotopic (exact) mass is 469 g/mol. The van der Waals surface area contributed by atoms with Crippen molar-refractivity contribution in [1.29, 1.82) is 0 Å². The molecule has 2 rings (SSSR count). The van der Waals surface area contributed by atoms with E-state index < -0.39 is 15.9 Å². The number of benzene rings is 1. The summed E-state index contributed by atoms with van der Waals surface area (Å²) in [5.74, 6) is -0.583. The van der Waals surface area contributed by atoms with Gasteiger partial charge in [-0.1, -0.05) is 17.7 Å². The minimum Gasteiger partial charge on any atom is -0.319 e. The highest BCUT2D eigenvalue weighted by molar-refractivity contribution is 9.13. The fourth-order valence-corrected chi connectivity index (χ4v) is 4.12. The van der Waals surface area contributed by atoms with Crippen LogP contribution in [-0.2, 0) is 10.0 Å². The molecule has 0 unspecified atom stereocenters. The van der Waals surface area contributed by atoms with Crippen LogP contribution in [-0.4, -0.2) is 29.8 Å². The van der Waals surface area contributed by atoms with Gasteiger partial charge in [0.05, 0.1) is 21.4 Å². The molecule has 0 aliphatic heterocycles. The summed E-state index contributed by atoms with van der Waals surface area (Å²) in [6.07, 6.45) is 0.982. The molecule has 22 heavy (non-hydrogen) atoms. The average molecular weight is 472 g/mol. The van der Waals surface area contributed by atoms with E-state index in [1.807, 2.05) is 6.92 Å². The zero-order chi connectivity index (χ0) is 16.7. The number of aryl methyl sites for hydroxylation is 1. The largest absolute Gasteiger partial charge is 0.319 e. The van der Waals surface area contributed by atoms with Gasteiger partial charge >= 0.3 is 0 Å². The van der Waals surface area contributed by atoms with Crippen LogP contribution in [0.25, 0.3) is 0 Å². The van der Waals surface area contributed by atoms with Crippen molar-refractivity contribution in [3.8, 4) is 0 Å². The molecule has 118 valence electrons. The van der Waals surface area contributed by atoms with E-state index >= 15 is 0 Å². The van der Waals surface area contributed by atoms with E-state index in [1.54, 1.807) is 18.2 Å². The molecular weight excluding hydrogens is 461 g/mol. The maximum Gasteiger partial charge on any atom is 0.277 e. The number of amides is 1. The van der Waals surface area contributed by atoms with Crippen LogP contribution < -0.4 is 5.32 Å². The van der Waals surface area contributed by atoms with Gasteiger partial charge in [0.25, 0.3) is 15.9 Å². The molecule has 0 saturated carbocycles. The van der Waals surface area contributed by atoms with Gasteiger partial charge in [-0.25, -0.2) is 8.42 Å². The second-order valence-corrected chi connectivity index (χ2v) is 8.26. The summed E-state index contributed by atoms with van der Waals surface area (Å²) in [5, 5.41) is 6.78. The Bertz CT molecular complexity index is 865. The third kappa shape index (κ3) is 3.53. The number of anilines is 1. The zero-order valence-electron chi connectivity index (χ0n) is 11.4. The van der Waals surface area contributed by atoms with Crippen LogP contribution in [0.1, 0.15) is 16.1 Å². The Morgan fingerprint density at radius 2 is 2.00 bits per heavy atom. The zero-order valence-corrected chi connectivity index (χ0v) is 16.1. The van der Waals surface area contributed by atoms with Crippen molar-refractivity contribution in [2.45, 2.75) is 6.92 Å². The lowest BCUT2D eigenvalue weighted by molar-refractivity contribution is 0.102. The molecule has 1 N–H and O–H groups in total. The highest BCUT2D eigenvalue weighted by Crippen LogP contribution is 2.29. The molecule has 0 bridgehead atoms. The van der Waals surface area contributed by atoms with Crippen molar-refractivity contribution in [1.82, 2.24) is 9.19 Å². The Morgan fingerprint density at radius 1 is 1.36 bits per heavy atom. The van der Waals surface area contributed by atoms with Gasteiger partial charge in [0.2, 0.25) is 0 Å². The van der Waals surface area contributed by atoms with Crippen molar-refractivity contribution < 1.29 is 13.2 Å². The molecule has 1 aromatic heterocycles. The van der Waals surface area contributed by atoms with E-state index in [2.05, 4.69) is 42.3 Å². The summed E-state index contributed by atoms with van der Waals surface area (Å²) in [5.41, 5.74) is 1.29. The summed E-state index contributed by atoms with van der Waals surface area (Å²) < 4.78 is 24.3.